The molecule has 2 heterocycles. The normalized spacial score (nSPS) is 19.6. The number of halogens is 2. The van der Waals surface area contributed by atoms with E-state index in [1.54, 1.807) is 17.9 Å². The molecule has 1 amide bonds. The van der Waals surface area contributed by atoms with E-state index >= 15 is 0 Å². The number of rotatable bonds is 2. The number of furan rings is 1. The lowest BCUT2D eigenvalue weighted by atomic mass is 9.95. The summed E-state index contributed by atoms with van der Waals surface area (Å²) < 4.78 is 19.2. The molecule has 0 bridgehead atoms. The van der Waals surface area contributed by atoms with Crippen LogP contribution in [0.1, 0.15) is 27.6 Å². The van der Waals surface area contributed by atoms with Crippen LogP contribution in [-0.4, -0.2) is 29.9 Å². The monoisotopic (exact) mass is 374 g/mol. The highest BCUT2D eigenvalue weighted by Crippen LogP contribution is 2.31. The molecule has 1 saturated heterocycles. The number of benzene rings is 2. The highest BCUT2D eigenvalue weighted by Gasteiger charge is 2.36. The van der Waals surface area contributed by atoms with Crippen molar-refractivity contribution in [1.29, 1.82) is 0 Å². The summed E-state index contributed by atoms with van der Waals surface area (Å²) in [4.78, 5) is 14.7. The molecular formula is C20H20ClFN2O2. The van der Waals surface area contributed by atoms with Crippen molar-refractivity contribution in [3.05, 3.63) is 71.2 Å². The van der Waals surface area contributed by atoms with Crippen molar-refractivity contribution < 1.29 is 13.6 Å². The number of carbonyl (C=O) groups excluding carboxylic acids is 1. The first-order valence-corrected chi connectivity index (χ1v) is 8.33. The van der Waals surface area contributed by atoms with E-state index in [0.717, 1.165) is 5.56 Å². The Balaban J connectivity index is 0.00000196. The van der Waals surface area contributed by atoms with Crippen molar-refractivity contribution >= 4 is 29.3 Å². The molecule has 2 aromatic carbocycles. The number of nitrogens with zero attached hydrogens (tertiary/aromatic N) is 1. The second-order valence-corrected chi connectivity index (χ2v) is 6.59. The van der Waals surface area contributed by atoms with Crippen LogP contribution in [0.25, 0.3) is 11.0 Å². The smallest absolute Gasteiger partial charge is 0.289 e. The Hall–Kier alpha value is -2.37. The molecule has 1 aliphatic heterocycles. The van der Waals surface area contributed by atoms with Crippen LogP contribution >= 0.6 is 12.4 Å². The molecule has 1 aliphatic rings. The predicted octanol–water partition coefficient (Wildman–Crippen LogP) is 3.87. The fourth-order valence-corrected chi connectivity index (χ4v) is 3.59. The number of carbonyl (C=O) groups is 1. The van der Waals surface area contributed by atoms with Crippen molar-refractivity contribution in [3.8, 4) is 0 Å². The molecule has 0 aliphatic carbocycles. The summed E-state index contributed by atoms with van der Waals surface area (Å²) in [5, 5.41) is 0.631. The Labute approximate surface area is 157 Å². The Morgan fingerprint density at radius 1 is 1.19 bits per heavy atom. The van der Waals surface area contributed by atoms with Gasteiger partial charge in [0, 0.05) is 36.0 Å². The second-order valence-electron chi connectivity index (χ2n) is 6.59. The van der Waals surface area contributed by atoms with Gasteiger partial charge in [-0.05, 0) is 30.7 Å². The van der Waals surface area contributed by atoms with Crippen molar-refractivity contribution in [2.45, 2.75) is 18.9 Å². The van der Waals surface area contributed by atoms with Gasteiger partial charge in [0.1, 0.15) is 11.4 Å². The summed E-state index contributed by atoms with van der Waals surface area (Å²) in [5.74, 6) is -0.167. The van der Waals surface area contributed by atoms with Gasteiger partial charge in [-0.3, -0.25) is 4.79 Å². The molecule has 2 atom stereocenters. The van der Waals surface area contributed by atoms with Crippen molar-refractivity contribution in [2.75, 3.05) is 13.1 Å². The standard InChI is InChI=1S/C20H19FN2O2.ClH/c1-12-15-9-14(21)7-8-18(15)25-19(12)20(24)23-10-16(17(22)11-23)13-5-3-2-4-6-13;/h2-9,16-17H,10-11,22H2,1H3;1H/t16-,17+;/m0./s1. The minimum Gasteiger partial charge on any atom is -0.451 e. The molecule has 4 nitrogen and oxygen atoms in total. The van der Waals surface area contributed by atoms with E-state index in [4.69, 9.17) is 10.2 Å². The third kappa shape index (κ3) is 3.08. The minimum absolute atomic E-state index is 0. The maximum Gasteiger partial charge on any atom is 0.289 e. The molecule has 3 aromatic rings. The minimum atomic E-state index is -0.345. The van der Waals surface area contributed by atoms with Gasteiger partial charge in [0.25, 0.3) is 5.91 Å². The maximum absolute atomic E-state index is 13.5. The Bertz CT molecular complexity index is 942. The molecule has 0 unspecified atom stereocenters. The zero-order chi connectivity index (χ0) is 17.6. The number of aryl methyl sites for hydroxylation is 1. The van der Waals surface area contributed by atoms with Gasteiger partial charge in [-0.25, -0.2) is 4.39 Å². The average molecular weight is 375 g/mol. The van der Waals surface area contributed by atoms with Crippen LogP contribution in [0.4, 0.5) is 4.39 Å². The Morgan fingerprint density at radius 2 is 1.92 bits per heavy atom. The van der Waals surface area contributed by atoms with Gasteiger partial charge >= 0.3 is 0 Å². The van der Waals surface area contributed by atoms with Crippen LogP contribution in [0.15, 0.2) is 52.9 Å². The van der Waals surface area contributed by atoms with Crippen molar-refractivity contribution in [1.82, 2.24) is 4.90 Å². The quantitative estimate of drug-likeness (QED) is 0.740. The SMILES string of the molecule is Cc1c(C(=O)N2C[C@@H](N)[C@H](c3ccccc3)C2)oc2ccc(F)cc12.Cl. The second kappa shape index (κ2) is 7.09. The molecular weight excluding hydrogens is 355 g/mol. The largest absolute Gasteiger partial charge is 0.451 e. The molecule has 2 N–H and O–H groups in total. The number of amides is 1. The molecule has 0 saturated carbocycles. The van der Waals surface area contributed by atoms with E-state index < -0.39 is 0 Å². The Kier molecular flexibility index (Phi) is 5.03. The lowest BCUT2D eigenvalue weighted by Crippen LogP contribution is -2.32. The van der Waals surface area contributed by atoms with Crippen molar-refractivity contribution in [2.24, 2.45) is 5.73 Å². The number of hydrogen-bond acceptors (Lipinski definition) is 3. The zero-order valence-electron chi connectivity index (χ0n) is 14.3. The maximum atomic E-state index is 13.5. The first-order valence-electron chi connectivity index (χ1n) is 8.33. The van der Waals surface area contributed by atoms with E-state index in [2.05, 4.69) is 0 Å². The van der Waals surface area contributed by atoms with Gasteiger partial charge in [0.2, 0.25) is 0 Å². The van der Waals surface area contributed by atoms with Gasteiger partial charge in [0.05, 0.1) is 0 Å². The van der Waals surface area contributed by atoms with Crippen LogP contribution in [0.2, 0.25) is 0 Å². The number of hydrogen-bond donors (Lipinski definition) is 1. The highest BCUT2D eigenvalue weighted by atomic mass is 35.5. The summed E-state index contributed by atoms with van der Waals surface area (Å²) in [6, 6.07) is 14.1. The predicted molar refractivity (Wildman–Crippen MR) is 101 cm³/mol. The first-order chi connectivity index (χ1) is 12.0. The zero-order valence-corrected chi connectivity index (χ0v) is 15.1. The molecule has 136 valence electrons. The Morgan fingerprint density at radius 3 is 2.65 bits per heavy atom. The topological polar surface area (TPSA) is 59.5 Å². The summed E-state index contributed by atoms with van der Waals surface area (Å²) in [6.45, 7) is 2.81. The molecule has 0 spiro atoms. The summed E-state index contributed by atoms with van der Waals surface area (Å²) in [6.07, 6.45) is 0. The number of likely N-dealkylation sites (tertiary alicyclic amines) is 1. The molecule has 1 aromatic heterocycles. The highest BCUT2D eigenvalue weighted by molar-refractivity contribution is 5.99. The van der Waals surface area contributed by atoms with Crippen LogP contribution < -0.4 is 5.73 Å². The fourth-order valence-electron chi connectivity index (χ4n) is 3.59. The summed E-state index contributed by atoms with van der Waals surface area (Å²) >= 11 is 0. The molecule has 26 heavy (non-hydrogen) atoms. The molecule has 6 heteroatoms. The van der Waals surface area contributed by atoms with Gasteiger partial charge in [-0.1, -0.05) is 30.3 Å². The molecule has 1 fully saturated rings. The van der Waals surface area contributed by atoms with Crippen molar-refractivity contribution in [3.63, 3.8) is 0 Å². The van der Waals surface area contributed by atoms with Gasteiger partial charge in [-0.15, -0.1) is 12.4 Å². The van der Waals surface area contributed by atoms with Gasteiger partial charge < -0.3 is 15.1 Å². The fraction of sp³-hybridized carbons (Fsp3) is 0.250. The molecule has 0 radical (unpaired) electrons. The van der Waals surface area contributed by atoms with E-state index in [0.29, 0.717) is 29.6 Å². The van der Waals surface area contributed by atoms with E-state index in [1.165, 1.54) is 12.1 Å². The van der Waals surface area contributed by atoms with E-state index in [1.807, 2.05) is 30.3 Å². The lowest BCUT2D eigenvalue weighted by Gasteiger charge is -2.15. The van der Waals surface area contributed by atoms with E-state index in [9.17, 15) is 9.18 Å². The lowest BCUT2D eigenvalue weighted by molar-refractivity contribution is 0.0759. The van der Waals surface area contributed by atoms with Crippen LogP contribution in [0.5, 0.6) is 0 Å². The third-order valence-corrected chi connectivity index (χ3v) is 4.97. The number of fused-ring (bicyclic) bond motifs is 1. The van der Waals surface area contributed by atoms with Gasteiger partial charge in [0.15, 0.2) is 5.76 Å². The van der Waals surface area contributed by atoms with Crippen LogP contribution in [0.3, 0.4) is 0 Å². The van der Waals surface area contributed by atoms with Crippen LogP contribution in [-0.2, 0) is 0 Å². The molecule has 4 rings (SSSR count). The van der Waals surface area contributed by atoms with Gasteiger partial charge in [-0.2, -0.15) is 0 Å². The first kappa shape index (κ1) is 18.4. The number of nitrogens with two attached hydrogens (primary N) is 1. The summed E-state index contributed by atoms with van der Waals surface area (Å²) in [7, 11) is 0. The summed E-state index contributed by atoms with van der Waals surface area (Å²) in [5.41, 5.74) is 8.59. The average Bonchev–Trinajstić information content (AvgIpc) is 3.16. The van der Waals surface area contributed by atoms with Crippen LogP contribution in [0, 0.1) is 12.7 Å². The van der Waals surface area contributed by atoms with E-state index in [-0.39, 0.29) is 41.9 Å². The third-order valence-electron chi connectivity index (χ3n) is 4.97.